The van der Waals surface area contributed by atoms with Gasteiger partial charge in [-0.3, -0.25) is 14.4 Å². The first kappa shape index (κ1) is 75.9. The van der Waals surface area contributed by atoms with Gasteiger partial charge in [0.2, 0.25) is 17.7 Å². The van der Waals surface area contributed by atoms with Gasteiger partial charge in [-0.25, -0.2) is 0 Å². The molecule has 452 valence electrons. The first-order chi connectivity index (χ1) is 37.4. The Labute approximate surface area is 468 Å². The van der Waals surface area contributed by atoms with Crippen LogP contribution in [-0.4, -0.2) is 263 Å². The molecule has 0 aliphatic rings. The molecule has 77 heavy (non-hydrogen) atoms. The van der Waals surface area contributed by atoms with Gasteiger partial charge >= 0.3 is 0 Å². The molecule has 0 saturated carbocycles. The Balaban J connectivity index is 0. The average molecular weight is 1150 g/mol. The van der Waals surface area contributed by atoms with Gasteiger partial charge in [-0.1, -0.05) is 49.5 Å². The van der Waals surface area contributed by atoms with Crippen molar-refractivity contribution in [3.8, 4) is 0 Å². The van der Waals surface area contributed by atoms with E-state index in [2.05, 4.69) is 44.8 Å². The van der Waals surface area contributed by atoms with Crippen molar-refractivity contribution in [2.24, 2.45) is 15.4 Å². The number of hydrogen-bond acceptors (Lipinski definition) is 22. The zero-order valence-corrected chi connectivity index (χ0v) is 47.9. The van der Waals surface area contributed by atoms with E-state index in [1.807, 2.05) is 12.5 Å². The molecule has 0 aromatic heterocycles. The summed E-state index contributed by atoms with van der Waals surface area (Å²) in [5.74, 6) is 1.11. The Kier molecular flexibility index (Phi) is 62.8. The summed E-state index contributed by atoms with van der Waals surface area (Å²) in [6, 6.07) is 0. The average Bonchev–Trinajstić information content (AvgIpc) is 3.41. The zero-order chi connectivity index (χ0) is 55.3. The van der Waals surface area contributed by atoms with Crippen LogP contribution in [0.25, 0.3) is 10.4 Å². The number of thioether (sulfide) groups is 2. The third-order valence-electron chi connectivity index (χ3n) is 9.64. The Hall–Kier alpha value is -3.12. The summed E-state index contributed by atoms with van der Waals surface area (Å²) in [4.78, 5) is 53.2. The largest absolute Gasteiger partial charge is 0.393 e. The van der Waals surface area contributed by atoms with Gasteiger partial charge in [-0.2, -0.15) is 23.5 Å². The lowest BCUT2D eigenvalue weighted by atomic mass is 10.2. The molecular formula is C50H98N8O17S2. The van der Waals surface area contributed by atoms with Gasteiger partial charge in [-0.05, 0) is 30.9 Å². The van der Waals surface area contributed by atoms with Gasteiger partial charge in [0.15, 0.2) is 0 Å². The van der Waals surface area contributed by atoms with Crippen LogP contribution in [0, 0.1) is 0 Å². The van der Waals surface area contributed by atoms with E-state index in [0.29, 0.717) is 152 Å². The summed E-state index contributed by atoms with van der Waals surface area (Å²) in [6.07, 6.45) is 8.42. The zero-order valence-electron chi connectivity index (χ0n) is 46.2. The molecule has 0 atom stereocenters. The van der Waals surface area contributed by atoms with Crippen molar-refractivity contribution in [2.75, 3.05) is 229 Å². The Bertz CT molecular complexity index is 1360. The minimum Gasteiger partial charge on any atom is -0.393 e. The molecule has 0 radical (unpaired) electrons. The summed E-state index contributed by atoms with van der Waals surface area (Å²) < 4.78 is 66.0. The van der Waals surface area contributed by atoms with E-state index in [-0.39, 0.29) is 97.0 Å². The Morgan fingerprint density at radius 1 is 0.442 bits per heavy atom. The molecule has 0 aliphatic heterocycles. The molecule has 27 heteroatoms. The predicted octanol–water partition coefficient (Wildman–Crippen LogP) is 4.43. The fraction of sp³-hybridized carbons (Fsp3) is 0.900. The second kappa shape index (κ2) is 63.7. The first-order valence-electron chi connectivity index (χ1n) is 26.5. The van der Waals surface area contributed by atoms with Crippen LogP contribution in [0.4, 0.5) is 0 Å². The van der Waals surface area contributed by atoms with Crippen LogP contribution in [-0.2, 0) is 80.9 Å². The van der Waals surface area contributed by atoms with E-state index >= 15 is 0 Å². The molecule has 2 N–H and O–H groups in total. The van der Waals surface area contributed by atoms with Crippen LogP contribution < -0.4 is 10.6 Å². The fourth-order valence-electron chi connectivity index (χ4n) is 5.95. The maximum Gasteiger partial charge on any atom is 0.225 e. The molecule has 0 bridgehead atoms. The van der Waals surface area contributed by atoms with Gasteiger partial charge in [0.1, 0.15) is 13.2 Å². The number of nitrogens with zero attached hydrogens (tertiary/aromatic N) is 6. The highest BCUT2D eigenvalue weighted by molar-refractivity contribution is 7.99. The number of rotatable bonds is 61. The van der Waals surface area contributed by atoms with Crippen LogP contribution in [0.15, 0.2) is 15.4 Å². The lowest BCUT2D eigenvalue weighted by Gasteiger charge is -2.23. The summed E-state index contributed by atoms with van der Waals surface area (Å²) in [5, 5.41) is 17.4. The molecule has 0 saturated heterocycles. The highest BCUT2D eigenvalue weighted by Gasteiger charge is 2.15. The number of carbonyl (C=O) groups excluding carboxylic acids is 3. The Morgan fingerprint density at radius 3 is 1.05 bits per heavy atom. The standard InChI is InChI=1S/C49H94N8O17S2.CH4/c1-5-7-45(43-75-3)54-73-41-39-71-37-35-69-33-30-65-25-21-61-17-9-47(58)51-12-15-57(49(60)11-19-63-23-27-67-29-32-68-28-24-64-20-14-53-56-50)16-13-52-48(59)10-18-62-22-26-66-31-34-70-36-38-72-40-42-74-55-46(8-6-2)44-76-4;/h5-44H2,1-4H3,(H,51,58)(H,52,59);1H4/b54-45-,55-46+;. The van der Waals surface area contributed by atoms with Gasteiger partial charge in [0, 0.05) is 62.0 Å². The van der Waals surface area contributed by atoms with E-state index < -0.39 is 0 Å². The third kappa shape index (κ3) is 57.4. The highest BCUT2D eigenvalue weighted by atomic mass is 32.2. The minimum atomic E-state index is -0.219. The lowest BCUT2D eigenvalue weighted by molar-refractivity contribution is -0.133. The molecule has 25 nitrogen and oxygen atoms in total. The second-order valence-corrected chi connectivity index (χ2v) is 17.7. The third-order valence-corrected chi connectivity index (χ3v) is 10.9. The fourth-order valence-corrected chi connectivity index (χ4v) is 7.01. The van der Waals surface area contributed by atoms with Crippen LogP contribution in [0.3, 0.4) is 0 Å². The molecular weight excluding hydrogens is 1050 g/mol. The van der Waals surface area contributed by atoms with Gasteiger partial charge < -0.3 is 82.1 Å². The number of azide groups is 1. The molecule has 3 amide bonds. The van der Waals surface area contributed by atoms with Gasteiger partial charge in [0.25, 0.3) is 0 Å². The van der Waals surface area contributed by atoms with Crippen molar-refractivity contribution >= 4 is 52.7 Å². The number of amides is 3. The summed E-state index contributed by atoms with van der Waals surface area (Å²) in [5.41, 5.74) is 10.4. The molecule has 0 unspecified atom stereocenters. The summed E-state index contributed by atoms with van der Waals surface area (Å²) >= 11 is 3.45. The lowest BCUT2D eigenvalue weighted by Crippen LogP contribution is -2.43. The molecule has 0 aromatic rings. The maximum atomic E-state index is 13.2. The number of ether oxygens (including phenoxy) is 12. The van der Waals surface area contributed by atoms with Crippen LogP contribution in [0.5, 0.6) is 0 Å². The van der Waals surface area contributed by atoms with E-state index in [1.54, 1.807) is 28.4 Å². The Morgan fingerprint density at radius 2 is 0.740 bits per heavy atom. The number of nitrogens with one attached hydrogen (secondary N) is 2. The number of carbonyl (C=O) groups is 3. The molecule has 0 rings (SSSR count). The molecule has 0 spiro atoms. The monoisotopic (exact) mass is 1150 g/mol. The normalized spacial score (nSPS) is 11.5. The van der Waals surface area contributed by atoms with Crippen molar-refractivity contribution in [3.05, 3.63) is 10.4 Å². The van der Waals surface area contributed by atoms with Crippen molar-refractivity contribution in [3.63, 3.8) is 0 Å². The van der Waals surface area contributed by atoms with Crippen molar-refractivity contribution < 1.29 is 80.9 Å². The highest BCUT2D eigenvalue weighted by Crippen LogP contribution is 2.03. The minimum absolute atomic E-state index is 0. The molecule has 0 heterocycles. The molecule has 0 aromatic carbocycles. The van der Waals surface area contributed by atoms with Crippen LogP contribution in [0.2, 0.25) is 0 Å². The van der Waals surface area contributed by atoms with Crippen LogP contribution >= 0.6 is 23.5 Å². The maximum absolute atomic E-state index is 13.2. The molecule has 0 fully saturated rings. The van der Waals surface area contributed by atoms with Crippen LogP contribution in [0.1, 0.15) is 66.2 Å². The second-order valence-electron chi connectivity index (χ2n) is 16.0. The van der Waals surface area contributed by atoms with E-state index in [0.717, 1.165) is 48.6 Å². The summed E-state index contributed by atoms with van der Waals surface area (Å²) in [7, 11) is 0. The quantitative estimate of drug-likeness (QED) is 0.0213. The van der Waals surface area contributed by atoms with E-state index in [9.17, 15) is 14.4 Å². The predicted molar refractivity (Wildman–Crippen MR) is 300 cm³/mol. The summed E-state index contributed by atoms with van der Waals surface area (Å²) in [6.45, 7) is 15.0. The number of hydrogen-bond donors (Lipinski definition) is 2. The van der Waals surface area contributed by atoms with Gasteiger partial charge in [-0.15, -0.1) is 0 Å². The molecule has 0 aliphatic carbocycles. The van der Waals surface area contributed by atoms with Gasteiger partial charge in [0.05, 0.1) is 176 Å². The van der Waals surface area contributed by atoms with Crippen molar-refractivity contribution in [1.29, 1.82) is 0 Å². The smallest absolute Gasteiger partial charge is 0.225 e. The number of oxime groups is 2. The van der Waals surface area contributed by atoms with Crippen molar-refractivity contribution in [2.45, 2.75) is 66.2 Å². The van der Waals surface area contributed by atoms with Crippen molar-refractivity contribution in [1.82, 2.24) is 15.5 Å². The SMILES string of the molecule is C.CCC/C(CSC)=N/OCCOCCOCCOCCOCCC(=O)NCCN(CCNC(=O)CCOCCOCCOCCOCCO/N=C(\CCC)CSC)C(=O)CCOCCOCCOCCOCCN=[N+]=[N-]. The van der Waals surface area contributed by atoms with E-state index in [4.69, 9.17) is 72.0 Å². The topological polar surface area (TPSA) is 281 Å². The van der Waals surface area contributed by atoms with E-state index in [1.165, 1.54) is 0 Å². The first-order valence-corrected chi connectivity index (χ1v) is 29.3.